The number of ether oxygens (including phenoxy) is 1. The Bertz CT molecular complexity index is 946. The molecule has 3 aromatic rings. The molecule has 0 spiro atoms. The number of nitrogens with two attached hydrogens (primary N) is 1. The van der Waals surface area contributed by atoms with Gasteiger partial charge >= 0.3 is 0 Å². The van der Waals surface area contributed by atoms with Crippen LogP contribution in [0, 0.1) is 20.8 Å². The van der Waals surface area contributed by atoms with Crippen molar-refractivity contribution in [3.8, 4) is 16.3 Å². The van der Waals surface area contributed by atoms with E-state index >= 15 is 0 Å². The topological polar surface area (TPSA) is 90.1 Å². The van der Waals surface area contributed by atoms with Crippen molar-refractivity contribution < 1.29 is 9.53 Å². The predicted molar refractivity (Wildman–Crippen MR) is 102 cm³/mol. The number of aryl methyl sites for hydroxylation is 3. The highest BCUT2D eigenvalue weighted by Gasteiger charge is 2.15. The van der Waals surface area contributed by atoms with E-state index in [1.54, 1.807) is 30.6 Å². The van der Waals surface area contributed by atoms with Gasteiger partial charge in [-0.25, -0.2) is 9.97 Å². The summed E-state index contributed by atoms with van der Waals surface area (Å²) in [5.41, 5.74) is 9.18. The fraction of sp³-hybridized carbons (Fsp3) is 0.235. The molecule has 0 bridgehead atoms. The van der Waals surface area contributed by atoms with Crippen LogP contribution in [-0.4, -0.2) is 23.0 Å². The Morgan fingerprint density at radius 2 is 2.00 bits per heavy atom. The van der Waals surface area contributed by atoms with Crippen molar-refractivity contribution in [1.82, 2.24) is 9.97 Å². The van der Waals surface area contributed by atoms with Crippen LogP contribution in [0.5, 0.6) is 5.75 Å². The Kier molecular flexibility index (Phi) is 4.73. The number of anilines is 2. The first-order chi connectivity index (χ1) is 11.9. The molecule has 8 heteroatoms. The van der Waals surface area contributed by atoms with Crippen LogP contribution in [0.3, 0.4) is 0 Å². The summed E-state index contributed by atoms with van der Waals surface area (Å²) >= 11 is 3.10. The summed E-state index contributed by atoms with van der Waals surface area (Å²) in [6.45, 7) is 5.83. The Morgan fingerprint density at radius 3 is 2.60 bits per heavy atom. The minimum absolute atomic E-state index is 0.423. The van der Waals surface area contributed by atoms with Gasteiger partial charge in [-0.3, -0.25) is 4.79 Å². The summed E-state index contributed by atoms with van der Waals surface area (Å²) in [4.78, 5) is 21.7. The van der Waals surface area contributed by atoms with Gasteiger partial charge < -0.3 is 15.8 Å². The molecule has 0 saturated carbocycles. The normalized spacial score (nSPS) is 10.7. The van der Waals surface area contributed by atoms with Crippen molar-refractivity contribution in [3.05, 3.63) is 39.3 Å². The highest BCUT2D eigenvalue weighted by Crippen LogP contribution is 2.36. The zero-order chi connectivity index (χ0) is 18.1. The smallest absolute Gasteiger partial charge is 0.248 e. The molecule has 3 N–H and O–H groups in total. The first kappa shape index (κ1) is 17.4. The lowest BCUT2D eigenvalue weighted by molar-refractivity contribution is 0.1000. The second-order valence-electron chi connectivity index (χ2n) is 5.55. The van der Waals surface area contributed by atoms with E-state index in [1.807, 2.05) is 26.2 Å². The van der Waals surface area contributed by atoms with E-state index in [4.69, 9.17) is 10.5 Å². The van der Waals surface area contributed by atoms with Crippen LogP contribution < -0.4 is 15.8 Å². The molecule has 0 aliphatic rings. The fourth-order valence-corrected chi connectivity index (χ4v) is 4.27. The molecular formula is C17H18N4O2S2. The minimum atomic E-state index is -0.482. The van der Waals surface area contributed by atoms with Crippen LogP contribution in [0.15, 0.2) is 17.5 Å². The third kappa shape index (κ3) is 3.49. The van der Waals surface area contributed by atoms with Gasteiger partial charge in [-0.05, 0) is 38.5 Å². The van der Waals surface area contributed by atoms with Crippen molar-refractivity contribution in [2.75, 3.05) is 12.4 Å². The number of carbonyl (C=O) groups is 1. The molecule has 0 aliphatic heterocycles. The Morgan fingerprint density at radius 1 is 1.24 bits per heavy atom. The molecule has 0 unspecified atom stereocenters. The van der Waals surface area contributed by atoms with Crippen LogP contribution in [0.25, 0.3) is 10.6 Å². The second-order valence-corrected chi connectivity index (χ2v) is 7.61. The number of benzene rings is 1. The summed E-state index contributed by atoms with van der Waals surface area (Å²) in [7, 11) is 1.59. The number of hydrogen-bond acceptors (Lipinski definition) is 7. The molecule has 1 amide bonds. The standard InChI is InChI=1S/C17H18N4O2S2/c1-8-5-11(16(18)22)6-12(14(8)23-4)20-17-21-13(7-24-17)15-9(2)19-10(3)25-15/h5-7H,1-4H3,(H2,18,22)(H,20,21). The summed E-state index contributed by atoms with van der Waals surface area (Å²) < 4.78 is 5.45. The number of nitrogens with zero attached hydrogens (tertiary/aromatic N) is 2. The number of aromatic nitrogens is 2. The molecule has 1 aromatic carbocycles. The molecule has 0 atom stereocenters. The van der Waals surface area contributed by atoms with Gasteiger partial charge in [0.15, 0.2) is 5.13 Å². The Hall–Kier alpha value is -2.45. The van der Waals surface area contributed by atoms with E-state index in [2.05, 4.69) is 15.3 Å². The van der Waals surface area contributed by atoms with Gasteiger partial charge in [-0.1, -0.05) is 0 Å². The third-order valence-corrected chi connectivity index (χ3v) is 5.50. The van der Waals surface area contributed by atoms with E-state index in [-0.39, 0.29) is 0 Å². The molecule has 0 aliphatic carbocycles. The zero-order valence-corrected chi connectivity index (χ0v) is 16.0. The molecule has 130 valence electrons. The molecule has 0 radical (unpaired) electrons. The summed E-state index contributed by atoms with van der Waals surface area (Å²) in [6.07, 6.45) is 0. The van der Waals surface area contributed by atoms with Gasteiger partial charge in [0.1, 0.15) is 5.75 Å². The summed E-state index contributed by atoms with van der Waals surface area (Å²) in [5, 5.41) is 6.94. The Labute approximate surface area is 153 Å². The molecule has 2 aromatic heterocycles. The molecule has 2 heterocycles. The number of primary amides is 1. The number of rotatable bonds is 5. The predicted octanol–water partition coefficient (Wildman–Crippen LogP) is 4.04. The summed E-state index contributed by atoms with van der Waals surface area (Å²) in [6, 6.07) is 3.39. The maximum atomic E-state index is 11.5. The SMILES string of the molecule is COc1c(C)cc(C(N)=O)cc1Nc1nc(-c2sc(C)nc2C)cs1. The van der Waals surface area contributed by atoms with Crippen LogP contribution in [0.4, 0.5) is 10.8 Å². The van der Waals surface area contributed by atoms with Gasteiger partial charge in [0.25, 0.3) is 0 Å². The number of thiazole rings is 2. The van der Waals surface area contributed by atoms with Crippen molar-refractivity contribution >= 4 is 39.4 Å². The minimum Gasteiger partial charge on any atom is -0.494 e. The van der Waals surface area contributed by atoms with Crippen molar-refractivity contribution in [1.29, 1.82) is 0 Å². The molecule has 25 heavy (non-hydrogen) atoms. The highest BCUT2D eigenvalue weighted by atomic mass is 32.1. The monoisotopic (exact) mass is 374 g/mol. The fourth-order valence-electron chi connectivity index (χ4n) is 2.60. The number of hydrogen-bond donors (Lipinski definition) is 2. The number of amides is 1. The van der Waals surface area contributed by atoms with Gasteiger partial charge in [0.2, 0.25) is 5.91 Å². The van der Waals surface area contributed by atoms with E-state index in [1.165, 1.54) is 11.3 Å². The average molecular weight is 374 g/mol. The van der Waals surface area contributed by atoms with E-state index in [0.717, 1.165) is 26.8 Å². The van der Waals surface area contributed by atoms with E-state index in [0.29, 0.717) is 22.1 Å². The lowest BCUT2D eigenvalue weighted by atomic mass is 10.1. The molecule has 0 fully saturated rings. The molecule has 0 saturated heterocycles. The van der Waals surface area contributed by atoms with Crippen molar-refractivity contribution in [3.63, 3.8) is 0 Å². The maximum absolute atomic E-state index is 11.5. The third-order valence-electron chi connectivity index (χ3n) is 3.65. The average Bonchev–Trinajstić information content (AvgIpc) is 3.13. The first-order valence-electron chi connectivity index (χ1n) is 7.54. The van der Waals surface area contributed by atoms with Crippen molar-refractivity contribution in [2.24, 2.45) is 5.73 Å². The molecule has 3 rings (SSSR count). The quantitative estimate of drug-likeness (QED) is 0.703. The highest BCUT2D eigenvalue weighted by molar-refractivity contribution is 7.16. The summed E-state index contributed by atoms with van der Waals surface area (Å²) in [5.74, 6) is 0.177. The largest absolute Gasteiger partial charge is 0.494 e. The van der Waals surface area contributed by atoms with Gasteiger partial charge in [0.05, 0.1) is 34.1 Å². The van der Waals surface area contributed by atoms with Crippen LogP contribution >= 0.6 is 22.7 Å². The van der Waals surface area contributed by atoms with E-state index < -0.39 is 5.91 Å². The maximum Gasteiger partial charge on any atom is 0.248 e. The van der Waals surface area contributed by atoms with Gasteiger partial charge in [0, 0.05) is 10.9 Å². The lowest BCUT2D eigenvalue weighted by Gasteiger charge is -2.13. The van der Waals surface area contributed by atoms with Gasteiger partial charge in [-0.15, -0.1) is 22.7 Å². The van der Waals surface area contributed by atoms with Crippen LogP contribution in [0.2, 0.25) is 0 Å². The second kappa shape index (κ2) is 6.81. The number of carbonyl (C=O) groups excluding carboxylic acids is 1. The van der Waals surface area contributed by atoms with E-state index in [9.17, 15) is 4.79 Å². The van der Waals surface area contributed by atoms with Crippen LogP contribution in [-0.2, 0) is 0 Å². The Balaban J connectivity index is 1.95. The van der Waals surface area contributed by atoms with Crippen molar-refractivity contribution in [2.45, 2.75) is 20.8 Å². The lowest BCUT2D eigenvalue weighted by Crippen LogP contribution is -2.12. The molecule has 6 nitrogen and oxygen atoms in total. The van der Waals surface area contributed by atoms with Crippen LogP contribution in [0.1, 0.15) is 26.6 Å². The first-order valence-corrected chi connectivity index (χ1v) is 9.24. The zero-order valence-electron chi connectivity index (χ0n) is 14.3. The number of nitrogens with one attached hydrogen (secondary N) is 1. The number of methoxy groups -OCH3 is 1. The molecular weight excluding hydrogens is 356 g/mol. The van der Waals surface area contributed by atoms with Gasteiger partial charge in [-0.2, -0.15) is 0 Å².